The molecule has 0 bridgehead atoms. The molecule has 0 spiro atoms. The fraction of sp³-hybridized carbons (Fsp3) is 0.357. The summed E-state index contributed by atoms with van der Waals surface area (Å²) in [5.74, 6) is 0. The van der Waals surface area contributed by atoms with E-state index in [0.29, 0.717) is 5.56 Å². The Morgan fingerprint density at radius 1 is 1.25 bits per heavy atom. The second kappa shape index (κ2) is 4.94. The molecule has 1 aliphatic rings. The Kier molecular flexibility index (Phi) is 3.25. The highest BCUT2D eigenvalue weighted by atomic mass is 19.4. The molecule has 1 aliphatic heterocycles. The molecule has 0 saturated carbocycles. The van der Waals surface area contributed by atoms with Crippen molar-refractivity contribution in [1.82, 2.24) is 15.5 Å². The van der Waals surface area contributed by atoms with Crippen molar-refractivity contribution in [2.24, 2.45) is 0 Å². The third-order valence-electron chi connectivity index (χ3n) is 3.58. The summed E-state index contributed by atoms with van der Waals surface area (Å²) in [4.78, 5) is 0. The van der Waals surface area contributed by atoms with Crippen LogP contribution in [0.5, 0.6) is 0 Å². The predicted octanol–water partition coefficient (Wildman–Crippen LogP) is 3.52. The van der Waals surface area contributed by atoms with Crippen LogP contribution in [0.1, 0.15) is 30.1 Å². The molecule has 1 unspecified atom stereocenters. The number of nitrogens with zero attached hydrogens (tertiary/aromatic N) is 1. The highest BCUT2D eigenvalue weighted by Gasteiger charge is 2.31. The van der Waals surface area contributed by atoms with Crippen LogP contribution in [0.2, 0.25) is 0 Å². The lowest BCUT2D eigenvalue weighted by Crippen LogP contribution is -2.14. The molecule has 3 nitrogen and oxygen atoms in total. The van der Waals surface area contributed by atoms with E-state index in [-0.39, 0.29) is 6.04 Å². The number of benzene rings is 1. The molecule has 1 aromatic heterocycles. The number of H-pyrrole nitrogens is 1. The lowest BCUT2D eigenvalue weighted by Gasteiger charge is -2.12. The largest absolute Gasteiger partial charge is 0.416 e. The molecule has 1 fully saturated rings. The molecular weight excluding hydrogens is 267 g/mol. The number of hydrogen-bond acceptors (Lipinski definition) is 2. The van der Waals surface area contributed by atoms with Crippen LogP contribution in [0, 0.1) is 0 Å². The van der Waals surface area contributed by atoms with Gasteiger partial charge in [0.15, 0.2) is 0 Å². The lowest BCUT2D eigenvalue weighted by atomic mass is 9.99. The first-order chi connectivity index (χ1) is 9.55. The monoisotopic (exact) mass is 281 g/mol. The molecule has 20 heavy (non-hydrogen) atoms. The van der Waals surface area contributed by atoms with E-state index in [2.05, 4.69) is 15.5 Å². The Labute approximate surface area is 114 Å². The summed E-state index contributed by atoms with van der Waals surface area (Å²) in [6.07, 6.45) is -0.712. The van der Waals surface area contributed by atoms with Crippen molar-refractivity contribution in [3.05, 3.63) is 41.7 Å². The quantitative estimate of drug-likeness (QED) is 0.884. The maximum Gasteiger partial charge on any atom is 0.416 e. The number of halogens is 3. The van der Waals surface area contributed by atoms with Crippen molar-refractivity contribution in [1.29, 1.82) is 0 Å². The van der Waals surface area contributed by atoms with Gasteiger partial charge in [0.05, 0.1) is 17.5 Å². The van der Waals surface area contributed by atoms with E-state index in [0.717, 1.165) is 36.7 Å². The molecule has 2 aromatic rings. The molecule has 106 valence electrons. The molecule has 2 N–H and O–H groups in total. The van der Waals surface area contributed by atoms with Gasteiger partial charge in [-0.2, -0.15) is 18.3 Å². The Morgan fingerprint density at radius 2 is 2.10 bits per heavy atom. The zero-order valence-corrected chi connectivity index (χ0v) is 10.7. The third kappa shape index (κ3) is 2.43. The lowest BCUT2D eigenvalue weighted by molar-refractivity contribution is -0.137. The smallest absolute Gasteiger partial charge is 0.309 e. The Morgan fingerprint density at radius 3 is 2.80 bits per heavy atom. The Hall–Kier alpha value is -1.82. The highest BCUT2D eigenvalue weighted by Crippen LogP contribution is 2.35. The normalized spacial score (nSPS) is 19.4. The van der Waals surface area contributed by atoms with E-state index in [1.807, 2.05) is 0 Å². The predicted molar refractivity (Wildman–Crippen MR) is 69.0 cm³/mol. The average molecular weight is 281 g/mol. The average Bonchev–Trinajstić information content (AvgIpc) is 3.08. The molecule has 3 rings (SSSR count). The van der Waals surface area contributed by atoms with Crippen molar-refractivity contribution < 1.29 is 13.2 Å². The summed E-state index contributed by atoms with van der Waals surface area (Å²) in [7, 11) is 0. The van der Waals surface area contributed by atoms with Gasteiger partial charge in [0.25, 0.3) is 0 Å². The molecule has 6 heteroatoms. The minimum Gasteiger partial charge on any atom is -0.309 e. The molecule has 2 heterocycles. The van der Waals surface area contributed by atoms with Crippen molar-refractivity contribution >= 4 is 0 Å². The SMILES string of the molecule is FC(F)(F)c1cccc(-c2cn[nH]c2C2CCCN2)c1. The van der Waals surface area contributed by atoms with Crippen LogP contribution < -0.4 is 5.32 Å². The molecular formula is C14H14F3N3. The van der Waals surface area contributed by atoms with Crippen LogP contribution in [-0.4, -0.2) is 16.7 Å². The summed E-state index contributed by atoms with van der Waals surface area (Å²) in [5, 5.41) is 10.2. The van der Waals surface area contributed by atoms with Gasteiger partial charge < -0.3 is 5.32 Å². The molecule has 1 atom stereocenters. The number of rotatable bonds is 2. The highest BCUT2D eigenvalue weighted by molar-refractivity contribution is 5.66. The summed E-state index contributed by atoms with van der Waals surface area (Å²) in [6, 6.07) is 5.50. The van der Waals surface area contributed by atoms with E-state index >= 15 is 0 Å². The molecule has 1 aromatic carbocycles. The van der Waals surface area contributed by atoms with Gasteiger partial charge >= 0.3 is 6.18 Å². The first-order valence-corrected chi connectivity index (χ1v) is 6.50. The van der Waals surface area contributed by atoms with Crippen molar-refractivity contribution in [3.8, 4) is 11.1 Å². The Bertz CT molecular complexity index is 598. The number of hydrogen-bond donors (Lipinski definition) is 2. The minimum atomic E-state index is -4.33. The van der Waals surface area contributed by atoms with E-state index in [9.17, 15) is 13.2 Å². The first-order valence-electron chi connectivity index (χ1n) is 6.50. The van der Waals surface area contributed by atoms with Gasteiger partial charge in [0.1, 0.15) is 0 Å². The summed E-state index contributed by atoms with van der Waals surface area (Å²) in [6.45, 7) is 0.922. The fourth-order valence-electron chi connectivity index (χ4n) is 2.59. The molecule has 0 aliphatic carbocycles. The fourth-order valence-corrected chi connectivity index (χ4v) is 2.59. The number of alkyl halides is 3. The summed E-state index contributed by atoms with van der Waals surface area (Å²) in [5.41, 5.74) is 1.50. The molecule has 0 amide bonds. The van der Waals surface area contributed by atoms with Crippen LogP contribution >= 0.6 is 0 Å². The zero-order chi connectivity index (χ0) is 14.2. The standard InChI is InChI=1S/C14H14F3N3/c15-14(16,17)10-4-1-3-9(7-10)11-8-19-20-13(11)12-5-2-6-18-12/h1,3-4,7-8,12,18H,2,5-6H2,(H,19,20). The van der Waals surface area contributed by atoms with E-state index in [1.165, 1.54) is 12.1 Å². The summed E-state index contributed by atoms with van der Waals surface area (Å²) < 4.78 is 38.3. The second-order valence-electron chi connectivity index (χ2n) is 4.92. The van der Waals surface area contributed by atoms with Gasteiger partial charge in [-0.25, -0.2) is 0 Å². The van der Waals surface area contributed by atoms with Gasteiger partial charge in [-0.3, -0.25) is 5.10 Å². The Balaban J connectivity index is 1.99. The van der Waals surface area contributed by atoms with Crippen molar-refractivity contribution in [3.63, 3.8) is 0 Å². The van der Waals surface area contributed by atoms with Crippen molar-refractivity contribution in [2.75, 3.05) is 6.54 Å². The summed E-state index contributed by atoms with van der Waals surface area (Å²) >= 11 is 0. The van der Waals surface area contributed by atoms with Gasteiger partial charge in [-0.15, -0.1) is 0 Å². The van der Waals surface area contributed by atoms with Crippen LogP contribution in [0.15, 0.2) is 30.5 Å². The first kappa shape index (κ1) is 13.2. The number of nitrogens with one attached hydrogen (secondary N) is 2. The van der Waals surface area contributed by atoms with Crippen LogP contribution in [0.3, 0.4) is 0 Å². The van der Waals surface area contributed by atoms with Crippen molar-refractivity contribution in [2.45, 2.75) is 25.1 Å². The molecule has 1 saturated heterocycles. The maximum absolute atomic E-state index is 12.8. The second-order valence-corrected chi connectivity index (χ2v) is 4.92. The number of aromatic amines is 1. The topological polar surface area (TPSA) is 40.7 Å². The molecule has 0 radical (unpaired) electrons. The number of aromatic nitrogens is 2. The van der Waals surface area contributed by atoms with Crippen LogP contribution in [0.4, 0.5) is 13.2 Å². The third-order valence-corrected chi connectivity index (χ3v) is 3.58. The van der Waals surface area contributed by atoms with Gasteiger partial charge in [0, 0.05) is 11.6 Å². The van der Waals surface area contributed by atoms with E-state index < -0.39 is 11.7 Å². The van der Waals surface area contributed by atoms with E-state index in [4.69, 9.17) is 0 Å². The van der Waals surface area contributed by atoms with Gasteiger partial charge in [-0.05, 0) is 37.1 Å². The minimum absolute atomic E-state index is 0.141. The van der Waals surface area contributed by atoms with Gasteiger partial charge in [-0.1, -0.05) is 12.1 Å². The van der Waals surface area contributed by atoms with E-state index in [1.54, 1.807) is 12.3 Å². The zero-order valence-electron chi connectivity index (χ0n) is 10.7. The maximum atomic E-state index is 12.8. The van der Waals surface area contributed by atoms with Crippen LogP contribution in [0.25, 0.3) is 11.1 Å². The van der Waals surface area contributed by atoms with Gasteiger partial charge in [0.2, 0.25) is 0 Å². The van der Waals surface area contributed by atoms with Crippen LogP contribution in [-0.2, 0) is 6.18 Å².